The molecule has 1 saturated carbocycles. The quantitative estimate of drug-likeness (QED) is 0.260. The highest BCUT2D eigenvalue weighted by Crippen LogP contribution is 2.41. The van der Waals surface area contributed by atoms with Crippen LogP contribution >= 0.6 is 12.2 Å². The van der Waals surface area contributed by atoms with E-state index >= 15 is 0 Å². The van der Waals surface area contributed by atoms with Crippen LogP contribution in [0.5, 0.6) is 11.5 Å². The van der Waals surface area contributed by atoms with E-state index in [1.165, 1.54) is 40.8 Å². The SMILES string of the molecule is COc1cc(C)c(NC(=S)NC2CC2c2ccc(-c3ncn(-c4ccc(OC(F)(F)F)cc4)n3)cc2)c(C)c1. The van der Waals surface area contributed by atoms with Crippen LogP contribution in [0.3, 0.4) is 0 Å². The van der Waals surface area contributed by atoms with E-state index in [0.29, 0.717) is 22.5 Å². The summed E-state index contributed by atoms with van der Waals surface area (Å²) in [6.07, 6.45) is -2.24. The molecule has 0 amide bonds. The van der Waals surface area contributed by atoms with Gasteiger partial charge in [0.05, 0.1) is 12.8 Å². The van der Waals surface area contributed by atoms with Crippen LogP contribution < -0.4 is 20.1 Å². The first-order chi connectivity index (χ1) is 18.6. The number of nitrogens with zero attached hydrogens (tertiary/aromatic N) is 3. The molecule has 2 unspecified atom stereocenters. The number of alkyl halides is 3. The Balaban J connectivity index is 1.18. The zero-order valence-electron chi connectivity index (χ0n) is 21.4. The molecule has 7 nitrogen and oxygen atoms in total. The molecule has 0 bridgehead atoms. The van der Waals surface area contributed by atoms with Crippen LogP contribution in [0.25, 0.3) is 17.1 Å². The normalized spacial score (nSPS) is 16.5. The average molecular weight is 554 g/mol. The predicted octanol–water partition coefficient (Wildman–Crippen LogP) is 6.30. The molecular weight excluding hydrogens is 527 g/mol. The lowest BCUT2D eigenvalue weighted by Gasteiger charge is -2.16. The number of anilines is 1. The van der Waals surface area contributed by atoms with E-state index in [1.54, 1.807) is 7.11 Å². The number of rotatable bonds is 7. The lowest BCUT2D eigenvalue weighted by Crippen LogP contribution is -2.31. The predicted molar refractivity (Wildman–Crippen MR) is 146 cm³/mol. The maximum absolute atomic E-state index is 12.4. The number of hydrogen-bond donors (Lipinski definition) is 2. The Labute approximate surface area is 229 Å². The third-order valence-corrected chi connectivity index (χ3v) is 6.73. The van der Waals surface area contributed by atoms with Crippen molar-refractivity contribution in [3.63, 3.8) is 0 Å². The fraction of sp³-hybridized carbons (Fsp3) is 0.250. The van der Waals surface area contributed by atoms with Gasteiger partial charge in [-0.05, 0) is 85.6 Å². The second-order valence-electron chi connectivity index (χ2n) is 9.36. The number of aryl methyl sites for hydroxylation is 2. The van der Waals surface area contributed by atoms with Crippen molar-refractivity contribution in [3.05, 3.63) is 83.7 Å². The minimum atomic E-state index is -4.73. The molecule has 1 aromatic heterocycles. The molecule has 0 radical (unpaired) electrons. The fourth-order valence-electron chi connectivity index (χ4n) is 4.48. The van der Waals surface area contributed by atoms with E-state index in [4.69, 9.17) is 17.0 Å². The van der Waals surface area contributed by atoms with Crippen molar-refractivity contribution in [1.82, 2.24) is 20.1 Å². The van der Waals surface area contributed by atoms with Crippen LogP contribution in [0.4, 0.5) is 18.9 Å². The molecule has 1 aliphatic carbocycles. The van der Waals surface area contributed by atoms with E-state index < -0.39 is 6.36 Å². The Morgan fingerprint density at radius 2 is 1.67 bits per heavy atom. The molecule has 2 N–H and O–H groups in total. The minimum Gasteiger partial charge on any atom is -0.497 e. The first-order valence-corrected chi connectivity index (χ1v) is 12.6. The molecule has 0 aliphatic heterocycles. The topological polar surface area (TPSA) is 73.2 Å². The van der Waals surface area contributed by atoms with Gasteiger partial charge < -0.3 is 20.1 Å². The maximum Gasteiger partial charge on any atom is 0.573 e. The highest BCUT2D eigenvalue weighted by molar-refractivity contribution is 7.80. The van der Waals surface area contributed by atoms with Crippen molar-refractivity contribution >= 4 is 23.0 Å². The first-order valence-electron chi connectivity index (χ1n) is 12.2. The second kappa shape index (κ2) is 10.6. The van der Waals surface area contributed by atoms with Gasteiger partial charge in [-0.2, -0.15) is 0 Å². The van der Waals surface area contributed by atoms with Crippen molar-refractivity contribution in [1.29, 1.82) is 0 Å². The van der Waals surface area contributed by atoms with Gasteiger partial charge in [0.25, 0.3) is 0 Å². The monoisotopic (exact) mass is 553 g/mol. The minimum absolute atomic E-state index is 0.247. The lowest BCUT2D eigenvalue weighted by atomic mass is 10.1. The van der Waals surface area contributed by atoms with Crippen LogP contribution in [0.1, 0.15) is 29.0 Å². The van der Waals surface area contributed by atoms with Gasteiger partial charge in [0.1, 0.15) is 17.8 Å². The maximum atomic E-state index is 12.4. The molecule has 5 rings (SSSR count). The summed E-state index contributed by atoms with van der Waals surface area (Å²) in [5.74, 6) is 1.38. The standard InChI is InChI=1S/C28H26F3N5O2S/c1-16-12-22(37-3)13-17(2)25(16)34-27(39)33-24-14-23(24)18-4-6-19(7-5-18)26-32-15-36(35-26)20-8-10-21(11-9-20)38-28(29,30)31/h4-13,15,23-24H,14H2,1-3H3,(H2,33,34,39). The van der Waals surface area contributed by atoms with Crippen LogP contribution in [0, 0.1) is 13.8 Å². The number of benzene rings is 3. The summed E-state index contributed by atoms with van der Waals surface area (Å²) in [4.78, 5) is 4.35. The Morgan fingerprint density at radius 3 is 2.28 bits per heavy atom. The number of thiocarbonyl (C=S) groups is 1. The van der Waals surface area contributed by atoms with Crippen LogP contribution in [0.15, 0.2) is 67.0 Å². The van der Waals surface area contributed by atoms with Crippen LogP contribution in [-0.4, -0.2) is 39.4 Å². The fourth-order valence-corrected chi connectivity index (χ4v) is 4.73. The van der Waals surface area contributed by atoms with E-state index in [2.05, 4.69) is 37.6 Å². The molecule has 3 aromatic carbocycles. The molecule has 1 heterocycles. The van der Waals surface area contributed by atoms with Gasteiger partial charge >= 0.3 is 6.36 Å². The Morgan fingerprint density at radius 1 is 1.00 bits per heavy atom. The zero-order chi connectivity index (χ0) is 27.7. The van der Waals surface area contributed by atoms with E-state index in [-0.39, 0.29) is 11.8 Å². The molecule has 11 heteroatoms. The molecule has 1 aliphatic rings. The number of hydrogen-bond acceptors (Lipinski definition) is 5. The molecule has 0 spiro atoms. The number of nitrogens with one attached hydrogen (secondary N) is 2. The van der Waals surface area contributed by atoms with E-state index in [0.717, 1.165) is 34.5 Å². The third-order valence-electron chi connectivity index (χ3n) is 6.51. The molecular formula is C28H26F3N5O2S. The summed E-state index contributed by atoms with van der Waals surface area (Å²) in [5.41, 5.74) is 5.69. The van der Waals surface area contributed by atoms with Crippen molar-refractivity contribution in [2.45, 2.75) is 38.6 Å². The largest absolute Gasteiger partial charge is 0.573 e. The molecule has 39 heavy (non-hydrogen) atoms. The summed E-state index contributed by atoms with van der Waals surface area (Å²) in [5, 5.41) is 11.8. The smallest absolute Gasteiger partial charge is 0.497 e. The molecule has 4 aromatic rings. The molecule has 0 saturated heterocycles. The number of ether oxygens (including phenoxy) is 2. The van der Waals surface area contributed by atoms with Gasteiger partial charge in [0.2, 0.25) is 0 Å². The summed E-state index contributed by atoms with van der Waals surface area (Å²) >= 11 is 5.56. The number of methoxy groups -OCH3 is 1. The van der Waals surface area contributed by atoms with E-state index in [9.17, 15) is 13.2 Å². The van der Waals surface area contributed by atoms with Crippen molar-refractivity contribution < 1.29 is 22.6 Å². The van der Waals surface area contributed by atoms with Gasteiger partial charge in [-0.3, -0.25) is 0 Å². The summed E-state index contributed by atoms with van der Waals surface area (Å²) in [6, 6.07) is 17.7. The number of halogens is 3. The van der Waals surface area contributed by atoms with Crippen molar-refractivity contribution in [2.24, 2.45) is 0 Å². The van der Waals surface area contributed by atoms with Gasteiger partial charge in [-0.25, -0.2) is 9.67 Å². The van der Waals surface area contributed by atoms with Crippen LogP contribution in [0.2, 0.25) is 0 Å². The summed E-state index contributed by atoms with van der Waals surface area (Å²) < 4.78 is 47.9. The lowest BCUT2D eigenvalue weighted by molar-refractivity contribution is -0.274. The average Bonchev–Trinajstić information content (AvgIpc) is 3.47. The zero-order valence-corrected chi connectivity index (χ0v) is 22.2. The Hall–Kier alpha value is -4.12. The molecule has 202 valence electrons. The van der Waals surface area contributed by atoms with Crippen molar-refractivity contribution in [3.8, 4) is 28.6 Å². The summed E-state index contributed by atoms with van der Waals surface area (Å²) in [7, 11) is 1.65. The van der Waals surface area contributed by atoms with Gasteiger partial charge in [0.15, 0.2) is 10.9 Å². The van der Waals surface area contributed by atoms with Crippen LogP contribution in [-0.2, 0) is 0 Å². The Bertz CT molecular complexity index is 1460. The van der Waals surface area contributed by atoms with Gasteiger partial charge in [-0.1, -0.05) is 24.3 Å². The molecule has 2 atom stereocenters. The third kappa shape index (κ3) is 6.31. The highest BCUT2D eigenvalue weighted by Gasteiger charge is 2.39. The first kappa shape index (κ1) is 26.5. The van der Waals surface area contributed by atoms with E-state index in [1.807, 2.05) is 38.1 Å². The molecule has 1 fully saturated rings. The van der Waals surface area contributed by atoms with Gasteiger partial charge in [0, 0.05) is 23.2 Å². The van der Waals surface area contributed by atoms with Gasteiger partial charge in [-0.15, -0.1) is 18.3 Å². The van der Waals surface area contributed by atoms with Crippen molar-refractivity contribution in [2.75, 3.05) is 12.4 Å². The number of aromatic nitrogens is 3. The Kier molecular flexibility index (Phi) is 7.17. The second-order valence-corrected chi connectivity index (χ2v) is 9.77. The highest BCUT2D eigenvalue weighted by atomic mass is 32.1. The summed E-state index contributed by atoms with van der Waals surface area (Å²) in [6.45, 7) is 4.03.